The van der Waals surface area contributed by atoms with Gasteiger partial charge in [-0.3, -0.25) is 4.79 Å². The topological polar surface area (TPSA) is 42.4 Å². The predicted octanol–water partition coefficient (Wildman–Crippen LogP) is 5.47. The number of amides is 1. The Kier molecular flexibility index (Phi) is 6.82. The first-order chi connectivity index (χ1) is 13.6. The normalized spacial score (nSPS) is 11.8. The molecule has 3 rings (SSSR count). The number of rotatable bonds is 8. The summed E-state index contributed by atoms with van der Waals surface area (Å²) in [5.41, 5.74) is 2.78. The van der Waals surface area contributed by atoms with Gasteiger partial charge < -0.3 is 9.64 Å². The second-order valence-electron chi connectivity index (χ2n) is 6.89. The number of hydrogen-bond acceptors (Lipinski definition) is 4. The van der Waals surface area contributed by atoms with Gasteiger partial charge in [0.2, 0.25) is 0 Å². The third-order valence-electron chi connectivity index (χ3n) is 4.69. The highest BCUT2D eigenvalue weighted by Gasteiger charge is 2.21. The highest BCUT2D eigenvalue weighted by molar-refractivity contribution is 7.09. The molecule has 2 aromatic carbocycles. The van der Waals surface area contributed by atoms with Crippen molar-refractivity contribution in [3.8, 4) is 5.75 Å². The first-order valence-corrected chi connectivity index (χ1v) is 10.4. The number of aryl methyl sites for hydroxylation is 1. The van der Waals surface area contributed by atoms with Crippen molar-refractivity contribution in [3.63, 3.8) is 0 Å². The second-order valence-corrected chi connectivity index (χ2v) is 7.84. The SMILES string of the molecule is CC[C@H](C)N(Cc1csc(COc2cccc(C)c2)n1)C(=O)c1ccccc1. The van der Waals surface area contributed by atoms with Crippen LogP contribution in [0, 0.1) is 6.92 Å². The van der Waals surface area contributed by atoms with Crippen molar-refractivity contribution in [3.05, 3.63) is 81.8 Å². The van der Waals surface area contributed by atoms with Crippen LogP contribution in [0.2, 0.25) is 0 Å². The minimum absolute atomic E-state index is 0.0421. The molecule has 4 nitrogen and oxygen atoms in total. The molecule has 0 aliphatic rings. The minimum atomic E-state index is 0.0421. The average Bonchev–Trinajstić information content (AvgIpc) is 3.18. The zero-order chi connectivity index (χ0) is 19.9. The average molecular weight is 395 g/mol. The van der Waals surface area contributed by atoms with Crippen molar-refractivity contribution in [1.29, 1.82) is 0 Å². The maximum atomic E-state index is 13.0. The van der Waals surface area contributed by atoms with E-state index < -0.39 is 0 Å². The van der Waals surface area contributed by atoms with Gasteiger partial charge in [0.05, 0.1) is 12.2 Å². The molecule has 3 aromatic rings. The summed E-state index contributed by atoms with van der Waals surface area (Å²) in [7, 11) is 0. The predicted molar refractivity (Wildman–Crippen MR) is 114 cm³/mol. The molecule has 1 aromatic heterocycles. The number of thiazole rings is 1. The molecule has 0 fully saturated rings. The molecular weight excluding hydrogens is 368 g/mol. The second kappa shape index (κ2) is 9.51. The monoisotopic (exact) mass is 394 g/mol. The Morgan fingerprint density at radius 1 is 1.18 bits per heavy atom. The summed E-state index contributed by atoms with van der Waals surface area (Å²) >= 11 is 1.57. The Hall–Kier alpha value is -2.66. The van der Waals surface area contributed by atoms with Crippen LogP contribution in [0.4, 0.5) is 0 Å². The lowest BCUT2D eigenvalue weighted by Crippen LogP contribution is -2.37. The summed E-state index contributed by atoms with van der Waals surface area (Å²) in [4.78, 5) is 19.6. The fourth-order valence-corrected chi connectivity index (χ4v) is 3.60. The van der Waals surface area contributed by atoms with Crippen LogP contribution in [0.15, 0.2) is 60.0 Å². The standard InChI is InChI=1S/C23H26N2O2S/c1-4-18(3)25(23(26)19-10-6-5-7-11-19)14-20-16-28-22(24-20)15-27-21-12-8-9-17(2)13-21/h5-13,16,18H,4,14-15H2,1-3H3/t18-/m0/s1. The number of hydrogen-bond donors (Lipinski definition) is 0. The van der Waals surface area contributed by atoms with E-state index in [1.807, 2.05) is 71.8 Å². The molecule has 0 saturated heterocycles. The van der Waals surface area contributed by atoms with Crippen molar-refractivity contribution >= 4 is 17.2 Å². The van der Waals surface area contributed by atoms with E-state index in [1.54, 1.807) is 11.3 Å². The first-order valence-electron chi connectivity index (χ1n) is 9.55. The van der Waals surface area contributed by atoms with Gasteiger partial charge in [0.1, 0.15) is 17.4 Å². The summed E-state index contributed by atoms with van der Waals surface area (Å²) in [6.45, 7) is 7.16. The van der Waals surface area contributed by atoms with Crippen molar-refractivity contribution < 1.29 is 9.53 Å². The third kappa shape index (κ3) is 5.20. The molecule has 1 amide bonds. The van der Waals surface area contributed by atoms with Gasteiger partial charge in [0, 0.05) is 17.0 Å². The van der Waals surface area contributed by atoms with E-state index in [0.29, 0.717) is 18.7 Å². The maximum absolute atomic E-state index is 13.0. The Morgan fingerprint density at radius 3 is 2.68 bits per heavy atom. The fraction of sp³-hybridized carbons (Fsp3) is 0.304. The highest BCUT2D eigenvalue weighted by Crippen LogP contribution is 2.19. The molecule has 146 valence electrons. The molecule has 0 unspecified atom stereocenters. The van der Waals surface area contributed by atoms with Gasteiger partial charge in [0.25, 0.3) is 5.91 Å². The van der Waals surface area contributed by atoms with Crippen LogP contribution < -0.4 is 4.74 Å². The summed E-state index contributed by atoms with van der Waals surface area (Å²) in [5.74, 6) is 0.887. The lowest BCUT2D eigenvalue weighted by molar-refractivity contribution is 0.0669. The van der Waals surface area contributed by atoms with Crippen LogP contribution in [0.1, 0.15) is 46.9 Å². The van der Waals surface area contributed by atoms with Crippen LogP contribution in [0.3, 0.4) is 0 Å². The summed E-state index contributed by atoms with van der Waals surface area (Å²) < 4.78 is 5.84. The van der Waals surface area contributed by atoms with Crippen molar-refractivity contribution in [2.24, 2.45) is 0 Å². The van der Waals surface area contributed by atoms with Crippen molar-refractivity contribution in [2.75, 3.05) is 0 Å². The van der Waals surface area contributed by atoms with Gasteiger partial charge >= 0.3 is 0 Å². The zero-order valence-electron chi connectivity index (χ0n) is 16.6. The zero-order valence-corrected chi connectivity index (χ0v) is 17.4. The maximum Gasteiger partial charge on any atom is 0.254 e. The largest absolute Gasteiger partial charge is 0.486 e. The van der Waals surface area contributed by atoms with Gasteiger partial charge in [-0.1, -0.05) is 37.3 Å². The molecule has 28 heavy (non-hydrogen) atoms. The minimum Gasteiger partial charge on any atom is -0.486 e. The molecule has 1 atom stereocenters. The Morgan fingerprint density at radius 2 is 1.96 bits per heavy atom. The first kappa shape index (κ1) is 20.1. The van der Waals surface area contributed by atoms with E-state index in [2.05, 4.69) is 18.8 Å². The molecule has 0 saturated carbocycles. The molecule has 0 bridgehead atoms. The van der Waals surface area contributed by atoms with Gasteiger partial charge in [-0.15, -0.1) is 11.3 Å². The Balaban J connectivity index is 1.67. The van der Waals surface area contributed by atoms with Crippen molar-refractivity contribution in [1.82, 2.24) is 9.88 Å². The number of aromatic nitrogens is 1. The van der Waals surface area contributed by atoms with E-state index in [-0.39, 0.29) is 11.9 Å². The molecule has 0 N–H and O–H groups in total. The number of carbonyl (C=O) groups excluding carboxylic acids is 1. The molecule has 0 aliphatic heterocycles. The molecule has 5 heteroatoms. The van der Waals surface area contributed by atoms with E-state index >= 15 is 0 Å². The Bertz CT molecular complexity index is 908. The van der Waals surface area contributed by atoms with E-state index in [9.17, 15) is 4.79 Å². The number of nitrogens with zero attached hydrogens (tertiary/aromatic N) is 2. The van der Waals surface area contributed by atoms with Gasteiger partial charge in [0.15, 0.2) is 0 Å². The quantitative estimate of drug-likeness (QED) is 0.509. The third-order valence-corrected chi connectivity index (χ3v) is 5.56. The highest BCUT2D eigenvalue weighted by atomic mass is 32.1. The fourth-order valence-electron chi connectivity index (χ4n) is 2.91. The van der Waals surface area contributed by atoms with Crippen molar-refractivity contribution in [2.45, 2.75) is 46.4 Å². The van der Waals surface area contributed by atoms with Crippen LogP contribution >= 0.6 is 11.3 Å². The van der Waals surface area contributed by atoms with E-state index in [4.69, 9.17) is 4.74 Å². The summed E-state index contributed by atoms with van der Waals surface area (Å²) in [5, 5.41) is 2.93. The lowest BCUT2D eigenvalue weighted by atomic mass is 10.1. The van der Waals surface area contributed by atoms with Crippen LogP contribution in [-0.4, -0.2) is 21.8 Å². The van der Waals surface area contributed by atoms with Crippen LogP contribution in [-0.2, 0) is 13.2 Å². The number of benzene rings is 2. The molecule has 0 radical (unpaired) electrons. The van der Waals surface area contributed by atoms with Gasteiger partial charge in [-0.25, -0.2) is 4.98 Å². The van der Waals surface area contributed by atoms with Gasteiger partial charge in [-0.2, -0.15) is 0 Å². The number of carbonyl (C=O) groups is 1. The summed E-state index contributed by atoms with van der Waals surface area (Å²) in [6.07, 6.45) is 0.895. The van der Waals surface area contributed by atoms with Crippen LogP contribution in [0.25, 0.3) is 0 Å². The smallest absolute Gasteiger partial charge is 0.254 e. The molecule has 1 heterocycles. The molecule has 0 aliphatic carbocycles. The van der Waals surface area contributed by atoms with Crippen LogP contribution in [0.5, 0.6) is 5.75 Å². The van der Waals surface area contributed by atoms with Gasteiger partial charge in [-0.05, 0) is 50.1 Å². The molecule has 0 spiro atoms. The van der Waals surface area contributed by atoms with E-state index in [1.165, 1.54) is 5.56 Å². The Labute approximate surface area is 170 Å². The lowest BCUT2D eigenvalue weighted by Gasteiger charge is -2.28. The van der Waals surface area contributed by atoms with E-state index in [0.717, 1.165) is 22.9 Å². The summed E-state index contributed by atoms with van der Waals surface area (Å²) in [6, 6.07) is 17.6. The number of ether oxygens (including phenoxy) is 1. The molecular formula is C23H26N2O2S.